The quantitative estimate of drug-likeness (QED) is 0.673. The van der Waals surface area contributed by atoms with Crippen LogP contribution in [0.1, 0.15) is 21.4 Å². The van der Waals surface area contributed by atoms with Crippen LogP contribution in [0.15, 0.2) is 40.2 Å². The van der Waals surface area contributed by atoms with Crippen molar-refractivity contribution >= 4 is 38.9 Å². The Bertz CT molecular complexity index is 451. The molecule has 0 aliphatic rings. The Kier molecular flexibility index (Phi) is 3.49. The maximum atomic E-state index is 6.41. The summed E-state index contributed by atoms with van der Waals surface area (Å²) in [4.78, 5) is 1.18. The van der Waals surface area contributed by atoms with Crippen molar-refractivity contribution in [3.63, 3.8) is 0 Å². The van der Waals surface area contributed by atoms with Crippen LogP contribution in [-0.4, -0.2) is 0 Å². The number of benzene rings is 1. The molecule has 0 spiro atoms. The van der Waals surface area contributed by atoms with E-state index in [2.05, 4.69) is 47.1 Å². The van der Waals surface area contributed by atoms with Crippen molar-refractivity contribution in [2.75, 3.05) is 0 Å². The van der Waals surface area contributed by atoms with E-state index in [0.717, 1.165) is 10.0 Å². The number of thiophene rings is 1. The van der Waals surface area contributed by atoms with Gasteiger partial charge in [0.15, 0.2) is 0 Å². The van der Waals surface area contributed by atoms with Gasteiger partial charge in [-0.25, -0.2) is 0 Å². The molecule has 0 amide bonds. The normalized spacial score (nSPS) is 12.7. The van der Waals surface area contributed by atoms with Gasteiger partial charge in [0.2, 0.25) is 0 Å². The minimum absolute atomic E-state index is 0.0556. The number of alkyl halides is 1. The molecule has 0 N–H and O–H groups in total. The Labute approximate surface area is 107 Å². The van der Waals surface area contributed by atoms with Gasteiger partial charge in [0, 0.05) is 9.35 Å². The summed E-state index contributed by atoms with van der Waals surface area (Å²) < 4.78 is 1.08. The molecule has 1 unspecified atom stereocenters. The second-order valence-electron chi connectivity index (χ2n) is 3.40. The van der Waals surface area contributed by atoms with E-state index in [0.29, 0.717) is 0 Å². The van der Waals surface area contributed by atoms with Crippen LogP contribution < -0.4 is 0 Å². The fourth-order valence-electron chi connectivity index (χ4n) is 1.43. The first-order valence-corrected chi connectivity index (χ1v) is 6.73. The van der Waals surface area contributed by atoms with E-state index in [-0.39, 0.29) is 5.38 Å². The lowest BCUT2D eigenvalue weighted by Crippen LogP contribution is -1.92. The number of aryl methyl sites for hydroxylation is 1. The average Bonchev–Trinajstić information content (AvgIpc) is 2.69. The van der Waals surface area contributed by atoms with Crippen molar-refractivity contribution in [1.82, 2.24) is 0 Å². The summed E-state index contributed by atoms with van der Waals surface area (Å²) >= 11 is 11.7. The maximum Gasteiger partial charge on any atom is 0.0938 e. The van der Waals surface area contributed by atoms with E-state index in [1.54, 1.807) is 11.3 Å². The highest BCUT2D eigenvalue weighted by Crippen LogP contribution is 2.36. The molecular weight excluding hydrogens is 292 g/mol. The second-order valence-corrected chi connectivity index (χ2v) is 5.67. The Hall–Kier alpha value is -0.310. The number of hydrogen-bond donors (Lipinski definition) is 0. The van der Waals surface area contributed by atoms with Crippen molar-refractivity contribution in [1.29, 1.82) is 0 Å². The van der Waals surface area contributed by atoms with Gasteiger partial charge in [-0.2, -0.15) is 0 Å². The highest BCUT2D eigenvalue weighted by molar-refractivity contribution is 9.10. The third-order valence-corrected chi connectivity index (χ3v) is 4.45. The molecule has 0 radical (unpaired) electrons. The van der Waals surface area contributed by atoms with Crippen LogP contribution in [0.3, 0.4) is 0 Å². The highest BCUT2D eigenvalue weighted by atomic mass is 79.9. The molecule has 0 fully saturated rings. The van der Waals surface area contributed by atoms with Gasteiger partial charge >= 0.3 is 0 Å². The van der Waals surface area contributed by atoms with Crippen LogP contribution in [0.5, 0.6) is 0 Å². The van der Waals surface area contributed by atoms with E-state index < -0.39 is 0 Å². The molecular formula is C12H10BrClS. The first-order chi connectivity index (χ1) is 7.18. The molecule has 2 rings (SSSR count). The molecule has 0 bridgehead atoms. The van der Waals surface area contributed by atoms with Crippen LogP contribution in [0.25, 0.3) is 0 Å². The molecule has 0 aliphatic heterocycles. The van der Waals surface area contributed by atoms with Crippen molar-refractivity contribution in [2.45, 2.75) is 12.3 Å². The summed E-state index contributed by atoms with van der Waals surface area (Å²) in [6, 6.07) is 10.4. The van der Waals surface area contributed by atoms with Crippen LogP contribution in [0, 0.1) is 6.92 Å². The standard InChI is InChI=1S/C12H10BrClS/c1-8-4-5-9(10(13)7-8)12(14)11-3-2-6-15-11/h2-7,12H,1H3. The molecule has 2 aromatic rings. The van der Waals surface area contributed by atoms with E-state index >= 15 is 0 Å². The van der Waals surface area contributed by atoms with E-state index in [4.69, 9.17) is 11.6 Å². The topological polar surface area (TPSA) is 0 Å². The first kappa shape index (κ1) is 11.2. The van der Waals surface area contributed by atoms with Crippen molar-refractivity contribution in [3.05, 3.63) is 56.2 Å². The highest BCUT2D eigenvalue weighted by Gasteiger charge is 2.14. The summed E-state index contributed by atoms with van der Waals surface area (Å²) in [6.45, 7) is 2.07. The number of halogens is 2. The largest absolute Gasteiger partial charge is 0.147 e. The monoisotopic (exact) mass is 300 g/mol. The van der Waals surface area contributed by atoms with Gasteiger partial charge in [0.05, 0.1) is 5.38 Å². The summed E-state index contributed by atoms with van der Waals surface area (Å²) in [5.74, 6) is 0. The average molecular weight is 302 g/mol. The van der Waals surface area contributed by atoms with E-state index in [1.165, 1.54) is 10.4 Å². The maximum absolute atomic E-state index is 6.41. The van der Waals surface area contributed by atoms with Gasteiger partial charge in [-0.15, -0.1) is 22.9 Å². The summed E-state index contributed by atoms with van der Waals surface area (Å²) in [5, 5.41) is 1.99. The smallest absolute Gasteiger partial charge is 0.0938 e. The Morgan fingerprint density at radius 1 is 1.33 bits per heavy atom. The molecule has 1 aromatic heterocycles. The van der Waals surface area contributed by atoms with Crippen molar-refractivity contribution in [2.24, 2.45) is 0 Å². The Balaban J connectivity index is 2.38. The first-order valence-electron chi connectivity index (χ1n) is 4.62. The minimum Gasteiger partial charge on any atom is -0.147 e. The second kappa shape index (κ2) is 4.69. The molecule has 78 valence electrons. The molecule has 1 aromatic carbocycles. The molecule has 15 heavy (non-hydrogen) atoms. The molecule has 0 saturated heterocycles. The van der Waals surface area contributed by atoms with Crippen molar-refractivity contribution in [3.8, 4) is 0 Å². The minimum atomic E-state index is -0.0556. The molecule has 0 saturated carbocycles. The van der Waals surface area contributed by atoms with Gasteiger partial charge in [0.1, 0.15) is 0 Å². The lowest BCUT2D eigenvalue weighted by atomic mass is 10.1. The van der Waals surface area contributed by atoms with E-state index in [1.807, 2.05) is 11.4 Å². The molecule has 3 heteroatoms. The zero-order valence-electron chi connectivity index (χ0n) is 8.21. The lowest BCUT2D eigenvalue weighted by Gasteiger charge is -2.10. The van der Waals surface area contributed by atoms with Crippen LogP contribution in [0.4, 0.5) is 0 Å². The fourth-order valence-corrected chi connectivity index (χ4v) is 3.42. The third-order valence-electron chi connectivity index (χ3n) is 2.22. The van der Waals surface area contributed by atoms with Crippen molar-refractivity contribution < 1.29 is 0 Å². The van der Waals surface area contributed by atoms with Crippen LogP contribution in [-0.2, 0) is 0 Å². The zero-order valence-corrected chi connectivity index (χ0v) is 11.4. The predicted molar refractivity (Wildman–Crippen MR) is 70.9 cm³/mol. The summed E-state index contributed by atoms with van der Waals surface area (Å²) in [6.07, 6.45) is 0. The van der Waals surface area contributed by atoms with Gasteiger partial charge in [0.25, 0.3) is 0 Å². The third kappa shape index (κ3) is 2.44. The van der Waals surface area contributed by atoms with Gasteiger partial charge < -0.3 is 0 Å². The van der Waals surface area contributed by atoms with Crippen LogP contribution >= 0.6 is 38.9 Å². The van der Waals surface area contributed by atoms with E-state index in [9.17, 15) is 0 Å². The number of rotatable bonds is 2. The van der Waals surface area contributed by atoms with Gasteiger partial charge in [-0.05, 0) is 35.6 Å². The predicted octanol–water partition coefficient (Wildman–Crippen LogP) is 5.15. The fraction of sp³-hybridized carbons (Fsp3) is 0.167. The van der Waals surface area contributed by atoms with Gasteiger partial charge in [-0.1, -0.05) is 34.1 Å². The Morgan fingerprint density at radius 2 is 2.13 bits per heavy atom. The lowest BCUT2D eigenvalue weighted by molar-refractivity contribution is 1.16. The van der Waals surface area contributed by atoms with Gasteiger partial charge in [-0.3, -0.25) is 0 Å². The zero-order chi connectivity index (χ0) is 10.8. The molecule has 0 nitrogen and oxygen atoms in total. The molecule has 1 atom stereocenters. The molecule has 0 aliphatic carbocycles. The van der Waals surface area contributed by atoms with Crippen LogP contribution in [0.2, 0.25) is 0 Å². The Morgan fingerprint density at radius 3 is 2.73 bits per heavy atom. The number of hydrogen-bond acceptors (Lipinski definition) is 1. The summed E-state index contributed by atoms with van der Waals surface area (Å²) in [7, 11) is 0. The SMILES string of the molecule is Cc1ccc(C(Cl)c2cccs2)c(Br)c1. The molecule has 1 heterocycles. The summed E-state index contributed by atoms with van der Waals surface area (Å²) in [5.41, 5.74) is 2.37.